The van der Waals surface area contributed by atoms with Gasteiger partial charge in [0.15, 0.2) is 0 Å². The molecule has 4 nitrogen and oxygen atoms in total. The minimum absolute atomic E-state index is 0.0492. The summed E-state index contributed by atoms with van der Waals surface area (Å²) in [6.07, 6.45) is 1.17. The molecule has 0 spiro atoms. The van der Waals surface area contributed by atoms with Crippen LogP contribution in [0, 0.1) is 5.92 Å². The molecule has 0 bridgehead atoms. The lowest BCUT2D eigenvalue weighted by Crippen LogP contribution is -2.35. The van der Waals surface area contributed by atoms with Crippen LogP contribution in [-0.2, 0) is 0 Å². The first kappa shape index (κ1) is 21.4. The van der Waals surface area contributed by atoms with Crippen LogP contribution in [-0.4, -0.2) is 22.1 Å². The highest BCUT2D eigenvalue weighted by Crippen LogP contribution is 2.34. The number of pyridine rings is 2. The molecular formula is C22H24ClF2N3O. The second-order valence-corrected chi connectivity index (χ2v) is 8.48. The number of ether oxygens (including phenoxy) is 1. The monoisotopic (exact) mass is 419 g/mol. The van der Waals surface area contributed by atoms with Gasteiger partial charge in [0, 0.05) is 33.9 Å². The molecule has 0 aliphatic heterocycles. The van der Waals surface area contributed by atoms with Crippen LogP contribution in [0.1, 0.15) is 39.2 Å². The SMILES string of the molecule is C[C@H](COc1ncc(-c2ccnc3cc(Cl)ccc23)cc1C(F)F)CC(C)(C)N. The van der Waals surface area contributed by atoms with Gasteiger partial charge in [-0.3, -0.25) is 4.98 Å². The van der Waals surface area contributed by atoms with Crippen LogP contribution in [0.4, 0.5) is 8.78 Å². The lowest BCUT2D eigenvalue weighted by Gasteiger charge is -2.23. The first-order valence-corrected chi connectivity index (χ1v) is 9.76. The molecule has 7 heteroatoms. The van der Waals surface area contributed by atoms with Gasteiger partial charge in [-0.05, 0) is 56.0 Å². The zero-order valence-corrected chi connectivity index (χ0v) is 17.4. The summed E-state index contributed by atoms with van der Waals surface area (Å²) in [6, 6.07) is 8.50. The van der Waals surface area contributed by atoms with E-state index in [1.54, 1.807) is 30.6 Å². The van der Waals surface area contributed by atoms with E-state index in [1.165, 1.54) is 6.07 Å². The fourth-order valence-electron chi connectivity index (χ4n) is 3.44. The summed E-state index contributed by atoms with van der Waals surface area (Å²) in [5.41, 5.74) is 7.44. The molecule has 0 saturated carbocycles. The molecule has 2 heterocycles. The number of hydrogen-bond acceptors (Lipinski definition) is 4. The smallest absolute Gasteiger partial charge is 0.269 e. The minimum Gasteiger partial charge on any atom is -0.477 e. The fraction of sp³-hybridized carbons (Fsp3) is 0.364. The van der Waals surface area contributed by atoms with Crippen LogP contribution in [0.3, 0.4) is 0 Å². The summed E-state index contributed by atoms with van der Waals surface area (Å²) in [5, 5.41) is 1.37. The maximum atomic E-state index is 13.7. The Morgan fingerprint density at radius 3 is 2.62 bits per heavy atom. The van der Waals surface area contributed by atoms with Crippen molar-refractivity contribution in [2.75, 3.05) is 6.61 Å². The number of hydrogen-bond donors (Lipinski definition) is 1. The number of halogens is 3. The highest BCUT2D eigenvalue weighted by Gasteiger charge is 2.20. The Labute approximate surface area is 174 Å². The van der Waals surface area contributed by atoms with E-state index in [1.807, 2.05) is 26.8 Å². The summed E-state index contributed by atoms with van der Waals surface area (Å²) < 4.78 is 33.1. The Bertz CT molecular complexity index is 1010. The van der Waals surface area contributed by atoms with E-state index in [4.69, 9.17) is 22.1 Å². The highest BCUT2D eigenvalue weighted by atomic mass is 35.5. The normalized spacial score (nSPS) is 13.1. The first-order chi connectivity index (χ1) is 13.6. The molecule has 0 unspecified atom stereocenters. The number of nitrogens with two attached hydrogens (primary N) is 1. The molecule has 1 aromatic carbocycles. The fourth-order valence-corrected chi connectivity index (χ4v) is 3.61. The third-order valence-electron chi connectivity index (χ3n) is 4.51. The van der Waals surface area contributed by atoms with Crippen molar-refractivity contribution in [2.45, 2.75) is 39.2 Å². The third kappa shape index (κ3) is 5.40. The first-order valence-electron chi connectivity index (χ1n) is 9.38. The average molecular weight is 420 g/mol. The summed E-state index contributed by atoms with van der Waals surface area (Å²) >= 11 is 6.03. The van der Waals surface area contributed by atoms with E-state index in [0.717, 1.165) is 10.9 Å². The van der Waals surface area contributed by atoms with Gasteiger partial charge in [-0.1, -0.05) is 24.6 Å². The largest absolute Gasteiger partial charge is 0.477 e. The van der Waals surface area contributed by atoms with Crippen molar-refractivity contribution >= 4 is 22.5 Å². The highest BCUT2D eigenvalue weighted by molar-refractivity contribution is 6.31. The summed E-state index contributed by atoms with van der Waals surface area (Å²) in [6.45, 7) is 6.09. The van der Waals surface area contributed by atoms with Gasteiger partial charge in [-0.25, -0.2) is 13.8 Å². The van der Waals surface area contributed by atoms with Gasteiger partial charge >= 0.3 is 0 Å². The maximum Gasteiger partial charge on any atom is 0.269 e. The topological polar surface area (TPSA) is 61.0 Å². The van der Waals surface area contributed by atoms with E-state index in [2.05, 4.69) is 9.97 Å². The van der Waals surface area contributed by atoms with Crippen LogP contribution in [0.5, 0.6) is 5.88 Å². The maximum absolute atomic E-state index is 13.7. The molecule has 0 amide bonds. The molecule has 0 aliphatic carbocycles. The summed E-state index contributed by atoms with van der Waals surface area (Å²) in [4.78, 5) is 8.48. The van der Waals surface area contributed by atoms with E-state index in [-0.39, 0.29) is 29.5 Å². The van der Waals surface area contributed by atoms with E-state index in [9.17, 15) is 8.78 Å². The zero-order valence-electron chi connectivity index (χ0n) is 16.6. The van der Waals surface area contributed by atoms with Crippen molar-refractivity contribution in [3.8, 4) is 17.0 Å². The zero-order chi connectivity index (χ0) is 21.2. The molecule has 0 fully saturated rings. The number of aromatic nitrogens is 2. The molecule has 29 heavy (non-hydrogen) atoms. The van der Waals surface area contributed by atoms with E-state index >= 15 is 0 Å². The Morgan fingerprint density at radius 1 is 1.17 bits per heavy atom. The van der Waals surface area contributed by atoms with Gasteiger partial charge in [-0.2, -0.15) is 0 Å². The molecule has 2 N–H and O–H groups in total. The average Bonchev–Trinajstić information content (AvgIpc) is 2.64. The number of benzene rings is 1. The Morgan fingerprint density at radius 2 is 1.93 bits per heavy atom. The molecule has 1 atom stereocenters. The number of fused-ring (bicyclic) bond motifs is 1. The quantitative estimate of drug-likeness (QED) is 0.507. The molecular weight excluding hydrogens is 396 g/mol. The van der Waals surface area contributed by atoms with Crippen molar-refractivity contribution in [3.05, 3.63) is 53.3 Å². The van der Waals surface area contributed by atoms with Crippen molar-refractivity contribution < 1.29 is 13.5 Å². The second kappa shape index (κ2) is 8.59. The Kier molecular flexibility index (Phi) is 6.34. The second-order valence-electron chi connectivity index (χ2n) is 8.05. The van der Waals surface area contributed by atoms with Crippen LogP contribution < -0.4 is 10.5 Å². The Balaban J connectivity index is 1.91. The minimum atomic E-state index is -2.71. The molecule has 3 rings (SSSR count). The van der Waals surface area contributed by atoms with Gasteiger partial charge < -0.3 is 10.5 Å². The molecule has 2 aromatic heterocycles. The van der Waals surface area contributed by atoms with Crippen LogP contribution in [0.25, 0.3) is 22.0 Å². The van der Waals surface area contributed by atoms with Crippen LogP contribution in [0.2, 0.25) is 5.02 Å². The van der Waals surface area contributed by atoms with Crippen molar-refractivity contribution in [3.63, 3.8) is 0 Å². The van der Waals surface area contributed by atoms with Crippen molar-refractivity contribution in [1.82, 2.24) is 9.97 Å². The number of nitrogens with zero attached hydrogens (tertiary/aromatic N) is 2. The molecule has 154 valence electrons. The van der Waals surface area contributed by atoms with Crippen molar-refractivity contribution in [2.24, 2.45) is 11.7 Å². The van der Waals surface area contributed by atoms with Gasteiger partial charge in [0.05, 0.1) is 17.7 Å². The lowest BCUT2D eigenvalue weighted by molar-refractivity contribution is 0.140. The van der Waals surface area contributed by atoms with E-state index in [0.29, 0.717) is 22.5 Å². The summed E-state index contributed by atoms with van der Waals surface area (Å²) in [7, 11) is 0. The van der Waals surface area contributed by atoms with Gasteiger partial charge in [0.1, 0.15) is 0 Å². The van der Waals surface area contributed by atoms with Gasteiger partial charge in [0.25, 0.3) is 6.43 Å². The number of alkyl halides is 2. The lowest BCUT2D eigenvalue weighted by atomic mass is 9.93. The number of rotatable bonds is 7. The molecule has 0 aliphatic rings. The predicted octanol–water partition coefficient (Wildman–Crippen LogP) is 6.03. The van der Waals surface area contributed by atoms with Crippen LogP contribution in [0.15, 0.2) is 42.7 Å². The molecule has 3 aromatic rings. The third-order valence-corrected chi connectivity index (χ3v) is 4.74. The predicted molar refractivity (Wildman–Crippen MR) is 112 cm³/mol. The summed E-state index contributed by atoms with van der Waals surface area (Å²) in [5.74, 6) is 0.0581. The van der Waals surface area contributed by atoms with Crippen molar-refractivity contribution in [1.29, 1.82) is 0 Å². The Hall–Kier alpha value is -2.31. The van der Waals surface area contributed by atoms with Gasteiger partial charge in [-0.15, -0.1) is 0 Å². The standard InChI is InChI=1S/C22H24ClF2N3O/c1-13(10-22(2,3)26)12-29-21-18(20(24)25)8-14(11-28-21)16-6-7-27-19-9-15(23)4-5-17(16)19/h4-9,11,13,20H,10,12,26H2,1-3H3/t13-/m0/s1. The van der Waals surface area contributed by atoms with Gasteiger partial charge in [0.2, 0.25) is 5.88 Å². The van der Waals surface area contributed by atoms with Crippen LogP contribution >= 0.6 is 11.6 Å². The van der Waals surface area contributed by atoms with E-state index < -0.39 is 6.43 Å². The molecule has 0 radical (unpaired) electrons. The molecule has 0 saturated heterocycles.